The van der Waals surface area contributed by atoms with Crippen molar-refractivity contribution in [2.75, 3.05) is 0 Å². The topological polar surface area (TPSA) is 30.7 Å². The van der Waals surface area contributed by atoms with Crippen molar-refractivity contribution in [3.8, 4) is 39.5 Å². The summed E-state index contributed by atoms with van der Waals surface area (Å²) < 4.78 is 3.53. The Labute approximate surface area is 294 Å². The Morgan fingerprint density at radius 1 is 0.745 bits per heavy atom. The van der Waals surface area contributed by atoms with E-state index in [4.69, 9.17) is 4.98 Å². The zero-order chi connectivity index (χ0) is 31.3. The molecule has 0 unspecified atom stereocenters. The van der Waals surface area contributed by atoms with Crippen molar-refractivity contribution < 1.29 is 20.1 Å². The monoisotopic (exact) mass is 804 g/mol. The summed E-state index contributed by atoms with van der Waals surface area (Å²) in [6.45, 7) is 4.53. The number of hydrogen-bond acceptors (Lipinski definition) is 3. The predicted octanol–water partition coefficient (Wildman–Crippen LogP) is 11.1. The van der Waals surface area contributed by atoms with Gasteiger partial charge in [0.25, 0.3) is 0 Å². The number of aromatic nitrogens is 3. The largest absolute Gasteiger partial charge is 0.333 e. The molecule has 5 heteroatoms. The molecule has 0 amide bonds. The third kappa shape index (κ3) is 7.18. The number of fused-ring (bicyclic) bond motifs is 2. The molecule has 0 saturated carbocycles. The first-order valence-corrected chi connectivity index (χ1v) is 16.4. The average Bonchev–Trinajstić information content (AvgIpc) is 3.71. The summed E-state index contributed by atoms with van der Waals surface area (Å²) in [7, 11) is 0. The third-order valence-electron chi connectivity index (χ3n) is 7.89. The second-order valence-electron chi connectivity index (χ2n) is 11.7. The van der Waals surface area contributed by atoms with E-state index < -0.39 is 0 Å². The van der Waals surface area contributed by atoms with Crippen LogP contribution in [0.1, 0.15) is 19.4 Å². The third-order valence-corrected chi connectivity index (χ3v) is 8.77. The molecular weight excluding hydrogens is 771 g/mol. The number of para-hydroxylation sites is 2. The zero-order valence-electron chi connectivity index (χ0n) is 26.2. The van der Waals surface area contributed by atoms with E-state index in [0.717, 1.165) is 45.8 Å². The number of hydrogen-bond donors (Lipinski definition) is 0. The predicted molar refractivity (Wildman–Crippen MR) is 193 cm³/mol. The molecule has 233 valence electrons. The van der Waals surface area contributed by atoms with Gasteiger partial charge in [0.15, 0.2) is 0 Å². The standard InChI is InChI=1S/C31H25N2S.C11H8N.Ir/c1-21(2)18-22-12-17-30-26(19-22)27(20-34-30)31-32-28-10-6-7-11-29(28)33(31)25-15-13-24(14-16-25)23-8-4-3-5-9-23;1-2-6-10(7-3-1)11-8-4-5-9-12-11;/h3-17,19,21H,18H2,1-2H3;1-6,8-9H;/q2*-1;. The van der Waals surface area contributed by atoms with Gasteiger partial charge in [0.1, 0.15) is 0 Å². The van der Waals surface area contributed by atoms with Crippen LogP contribution in [-0.2, 0) is 26.5 Å². The average molecular weight is 804 g/mol. The summed E-state index contributed by atoms with van der Waals surface area (Å²) >= 11 is 1.67. The number of thiophene rings is 1. The second-order valence-corrected chi connectivity index (χ2v) is 12.5. The molecule has 8 rings (SSSR count). The van der Waals surface area contributed by atoms with Crippen molar-refractivity contribution in [1.29, 1.82) is 0 Å². The van der Waals surface area contributed by atoms with Crippen LogP contribution in [0.15, 0.2) is 146 Å². The van der Waals surface area contributed by atoms with E-state index in [9.17, 15) is 0 Å². The molecule has 0 bridgehead atoms. The van der Waals surface area contributed by atoms with Crippen LogP contribution in [0.3, 0.4) is 0 Å². The van der Waals surface area contributed by atoms with E-state index in [1.165, 1.54) is 26.8 Å². The molecule has 8 aromatic rings. The van der Waals surface area contributed by atoms with Crippen LogP contribution in [0.4, 0.5) is 0 Å². The van der Waals surface area contributed by atoms with Crippen LogP contribution < -0.4 is 0 Å². The first kappa shape index (κ1) is 32.3. The van der Waals surface area contributed by atoms with Gasteiger partial charge in [0, 0.05) is 32.0 Å². The van der Waals surface area contributed by atoms with E-state index in [1.807, 2.05) is 42.5 Å². The fourth-order valence-electron chi connectivity index (χ4n) is 5.75. The summed E-state index contributed by atoms with van der Waals surface area (Å²) in [5.74, 6) is 1.57. The Bertz CT molecular complexity index is 2150. The Morgan fingerprint density at radius 2 is 1.49 bits per heavy atom. The van der Waals surface area contributed by atoms with E-state index in [2.05, 4.69) is 132 Å². The van der Waals surface area contributed by atoms with Crippen LogP contribution in [0, 0.1) is 17.4 Å². The minimum atomic E-state index is 0. The van der Waals surface area contributed by atoms with E-state index in [0.29, 0.717) is 5.92 Å². The van der Waals surface area contributed by atoms with Crippen LogP contribution in [0.5, 0.6) is 0 Å². The van der Waals surface area contributed by atoms with Gasteiger partial charge in [-0.1, -0.05) is 114 Å². The molecule has 1 radical (unpaired) electrons. The van der Waals surface area contributed by atoms with Crippen LogP contribution in [0.25, 0.3) is 60.6 Å². The van der Waals surface area contributed by atoms with Gasteiger partial charge in [-0.15, -0.1) is 47.3 Å². The maximum atomic E-state index is 5.09. The molecule has 5 aromatic carbocycles. The first-order chi connectivity index (χ1) is 22.6. The van der Waals surface area contributed by atoms with Crippen molar-refractivity contribution in [1.82, 2.24) is 14.5 Å². The van der Waals surface area contributed by atoms with Gasteiger partial charge in [-0.25, -0.2) is 0 Å². The minimum Gasteiger partial charge on any atom is -0.333 e. The number of rotatable bonds is 6. The normalized spacial score (nSPS) is 10.9. The van der Waals surface area contributed by atoms with Crippen molar-refractivity contribution in [3.63, 3.8) is 0 Å². The van der Waals surface area contributed by atoms with Gasteiger partial charge < -0.3 is 9.55 Å². The molecule has 0 aliphatic rings. The molecule has 0 saturated heterocycles. The molecule has 0 N–H and O–H groups in total. The molecule has 3 heterocycles. The van der Waals surface area contributed by atoms with E-state index >= 15 is 0 Å². The molecule has 0 spiro atoms. The van der Waals surface area contributed by atoms with Crippen molar-refractivity contribution in [3.05, 3.63) is 163 Å². The fourth-order valence-corrected chi connectivity index (χ4v) is 6.57. The summed E-state index contributed by atoms with van der Waals surface area (Å²) in [6, 6.07) is 51.3. The smallest absolute Gasteiger partial charge is 0.0774 e. The Balaban J connectivity index is 0.000000250. The maximum absolute atomic E-state index is 5.09. The SMILES string of the molecule is CC(C)Cc1ccc2s[c-]c(-c3nc4ccccc4n3-c3ccc(-c4ccccc4)cc3)c2c1.[Ir].[c-]1ccccc1-c1ccccn1. The number of pyridine rings is 1. The van der Waals surface area contributed by atoms with Gasteiger partial charge in [0.05, 0.1) is 16.9 Å². The Hall–Kier alpha value is -4.67. The number of benzene rings is 5. The van der Waals surface area contributed by atoms with E-state index in [1.54, 1.807) is 17.5 Å². The van der Waals surface area contributed by atoms with Crippen molar-refractivity contribution in [2.24, 2.45) is 5.92 Å². The van der Waals surface area contributed by atoms with Gasteiger partial charge in [-0.05, 0) is 59.5 Å². The summed E-state index contributed by atoms with van der Waals surface area (Å²) in [5.41, 5.74) is 10.1. The molecule has 0 aliphatic heterocycles. The molecule has 0 fully saturated rings. The van der Waals surface area contributed by atoms with Crippen LogP contribution in [0.2, 0.25) is 0 Å². The number of imidazole rings is 1. The summed E-state index contributed by atoms with van der Waals surface area (Å²) in [5, 5.41) is 4.81. The van der Waals surface area contributed by atoms with E-state index in [-0.39, 0.29) is 20.1 Å². The molecule has 0 atom stereocenters. The molecule has 47 heavy (non-hydrogen) atoms. The van der Waals surface area contributed by atoms with Crippen LogP contribution >= 0.6 is 11.3 Å². The summed E-state index contributed by atoms with van der Waals surface area (Å²) in [4.78, 5) is 9.31. The molecule has 3 aromatic heterocycles. The Morgan fingerprint density at radius 3 is 2.23 bits per heavy atom. The van der Waals surface area contributed by atoms with Crippen molar-refractivity contribution >= 4 is 32.5 Å². The van der Waals surface area contributed by atoms with Crippen molar-refractivity contribution in [2.45, 2.75) is 20.3 Å². The number of nitrogens with zero attached hydrogens (tertiary/aromatic N) is 3. The zero-order valence-corrected chi connectivity index (χ0v) is 29.4. The first-order valence-electron chi connectivity index (χ1n) is 15.6. The fraction of sp³-hybridized carbons (Fsp3) is 0.0952. The molecule has 0 aliphatic carbocycles. The van der Waals surface area contributed by atoms with Gasteiger partial charge in [0.2, 0.25) is 0 Å². The Kier molecular flexibility index (Phi) is 10.2. The second kappa shape index (κ2) is 14.8. The maximum Gasteiger partial charge on any atom is 0.0774 e. The quantitative estimate of drug-likeness (QED) is 0.157. The van der Waals surface area contributed by atoms with Crippen LogP contribution in [-0.4, -0.2) is 14.5 Å². The minimum absolute atomic E-state index is 0. The van der Waals surface area contributed by atoms with Gasteiger partial charge in [-0.3, -0.25) is 16.3 Å². The molecular formula is C42H33IrN3S-2. The summed E-state index contributed by atoms with van der Waals surface area (Å²) in [6.07, 6.45) is 2.86. The van der Waals surface area contributed by atoms with Gasteiger partial charge >= 0.3 is 0 Å². The van der Waals surface area contributed by atoms with Gasteiger partial charge in [-0.2, -0.15) is 0 Å². The molecule has 3 nitrogen and oxygen atoms in total.